The Morgan fingerprint density at radius 2 is 1.65 bits per heavy atom. The zero-order valence-corrected chi connectivity index (χ0v) is 17.7. The Morgan fingerprint density at radius 3 is 2.39 bits per heavy atom. The molecule has 0 saturated heterocycles. The van der Waals surface area contributed by atoms with E-state index >= 15 is 0 Å². The number of fused-ring (bicyclic) bond motifs is 1. The number of ether oxygens (including phenoxy) is 1. The molecule has 0 aliphatic carbocycles. The summed E-state index contributed by atoms with van der Waals surface area (Å²) in [6.07, 6.45) is 4.02. The van der Waals surface area contributed by atoms with Gasteiger partial charge in [-0.15, -0.1) is 0 Å². The van der Waals surface area contributed by atoms with Gasteiger partial charge in [-0.1, -0.05) is 36.4 Å². The van der Waals surface area contributed by atoms with Crippen LogP contribution in [-0.2, 0) is 17.9 Å². The molecule has 2 aromatic carbocycles. The van der Waals surface area contributed by atoms with Crippen LogP contribution in [0.1, 0.15) is 22.4 Å². The molecule has 1 aliphatic rings. The molecule has 0 radical (unpaired) electrons. The summed E-state index contributed by atoms with van der Waals surface area (Å²) in [4.78, 5) is 14.7. The third kappa shape index (κ3) is 3.50. The number of nitrogens with zero attached hydrogens (tertiary/aromatic N) is 4. The van der Waals surface area contributed by atoms with Gasteiger partial charge >= 0.3 is 0 Å². The minimum absolute atomic E-state index is 0.0196. The van der Waals surface area contributed by atoms with Crippen molar-refractivity contribution < 1.29 is 9.53 Å². The molecule has 156 valence electrons. The van der Waals surface area contributed by atoms with Gasteiger partial charge in [0.05, 0.1) is 24.5 Å². The Kier molecular flexibility index (Phi) is 4.82. The number of aromatic nitrogens is 3. The number of para-hydroxylation sites is 2. The molecule has 6 heteroatoms. The van der Waals surface area contributed by atoms with Gasteiger partial charge in [-0.3, -0.25) is 4.79 Å². The minimum Gasteiger partial charge on any atom is -0.484 e. The molecule has 31 heavy (non-hydrogen) atoms. The first-order valence-corrected chi connectivity index (χ1v) is 10.4. The summed E-state index contributed by atoms with van der Waals surface area (Å²) in [5, 5.41) is 4.90. The summed E-state index contributed by atoms with van der Waals surface area (Å²) in [5.74, 6) is 1.68. The standard InChI is InChI=1S/C25H24N4O2/c1-18-9-3-5-11-22(18)29-25(27-13-7-8-14-27)20-15-28(16-21(20)26-29)24(30)17-31-23-12-6-4-10-19(23)2/h3-14H,15-17H2,1-2H3. The highest BCUT2D eigenvalue weighted by atomic mass is 16.5. The summed E-state index contributed by atoms with van der Waals surface area (Å²) in [5.41, 5.74) is 5.21. The maximum Gasteiger partial charge on any atom is 0.261 e. The molecule has 0 atom stereocenters. The second kappa shape index (κ2) is 7.80. The Labute approximate surface area is 181 Å². The van der Waals surface area contributed by atoms with Crippen molar-refractivity contribution in [2.24, 2.45) is 0 Å². The van der Waals surface area contributed by atoms with Crippen LogP contribution in [0.4, 0.5) is 0 Å². The number of carbonyl (C=O) groups excluding carboxylic acids is 1. The van der Waals surface area contributed by atoms with E-state index in [4.69, 9.17) is 9.84 Å². The van der Waals surface area contributed by atoms with Gasteiger partial charge in [-0.05, 0) is 49.2 Å². The maximum absolute atomic E-state index is 12.9. The van der Waals surface area contributed by atoms with Crippen LogP contribution < -0.4 is 4.74 Å². The van der Waals surface area contributed by atoms with Gasteiger partial charge in [-0.25, -0.2) is 4.68 Å². The normalized spacial score (nSPS) is 12.8. The lowest BCUT2D eigenvalue weighted by Gasteiger charge is -2.18. The van der Waals surface area contributed by atoms with Gasteiger partial charge in [0, 0.05) is 18.0 Å². The first-order valence-electron chi connectivity index (χ1n) is 10.4. The van der Waals surface area contributed by atoms with Crippen molar-refractivity contribution in [2.45, 2.75) is 26.9 Å². The largest absolute Gasteiger partial charge is 0.484 e. The third-order valence-corrected chi connectivity index (χ3v) is 5.72. The fraction of sp³-hybridized carbons (Fsp3) is 0.200. The van der Waals surface area contributed by atoms with Crippen molar-refractivity contribution >= 4 is 5.91 Å². The van der Waals surface area contributed by atoms with E-state index in [2.05, 4.69) is 23.6 Å². The van der Waals surface area contributed by atoms with Gasteiger partial charge < -0.3 is 14.2 Å². The number of aryl methyl sites for hydroxylation is 2. The fourth-order valence-electron chi connectivity index (χ4n) is 4.04. The number of rotatable bonds is 5. The highest BCUT2D eigenvalue weighted by Gasteiger charge is 2.31. The maximum atomic E-state index is 12.9. The molecule has 1 aliphatic heterocycles. The average Bonchev–Trinajstić information content (AvgIpc) is 3.49. The van der Waals surface area contributed by atoms with E-state index in [1.807, 2.05) is 77.4 Å². The number of amides is 1. The van der Waals surface area contributed by atoms with Gasteiger partial charge in [0.1, 0.15) is 11.6 Å². The van der Waals surface area contributed by atoms with Gasteiger partial charge in [0.15, 0.2) is 6.61 Å². The zero-order valence-electron chi connectivity index (χ0n) is 17.7. The molecule has 0 bridgehead atoms. The molecule has 0 fully saturated rings. The lowest BCUT2D eigenvalue weighted by molar-refractivity contribution is -0.134. The predicted octanol–water partition coefficient (Wildman–Crippen LogP) is 4.20. The molecule has 1 amide bonds. The van der Waals surface area contributed by atoms with Crippen LogP contribution >= 0.6 is 0 Å². The Balaban J connectivity index is 1.42. The monoisotopic (exact) mass is 412 g/mol. The molecule has 0 unspecified atom stereocenters. The van der Waals surface area contributed by atoms with E-state index < -0.39 is 0 Å². The second-order valence-electron chi connectivity index (χ2n) is 7.84. The SMILES string of the molecule is Cc1ccccc1OCC(=O)N1Cc2nn(-c3ccccc3C)c(-n3cccc3)c2C1. The van der Waals surface area contributed by atoms with Crippen molar-refractivity contribution in [1.29, 1.82) is 0 Å². The third-order valence-electron chi connectivity index (χ3n) is 5.72. The van der Waals surface area contributed by atoms with Crippen molar-refractivity contribution in [1.82, 2.24) is 19.2 Å². The topological polar surface area (TPSA) is 52.3 Å². The number of hydrogen-bond acceptors (Lipinski definition) is 3. The first-order chi connectivity index (χ1) is 15.1. The van der Waals surface area contributed by atoms with E-state index in [0.717, 1.165) is 39.6 Å². The van der Waals surface area contributed by atoms with Crippen molar-refractivity contribution in [3.63, 3.8) is 0 Å². The van der Waals surface area contributed by atoms with Crippen LogP contribution in [0, 0.1) is 13.8 Å². The second-order valence-corrected chi connectivity index (χ2v) is 7.84. The molecule has 0 saturated carbocycles. The van der Waals surface area contributed by atoms with Crippen molar-refractivity contribution in [3.8, 4) is 17.3 Å². The van der Waals surface area contributed by atoms with Crippen LogP contribution in [0.25, 0.3) is 11.5 Å². The van der Waals surface area contributed by atoms with E-state index in [0.29, 0.717) is 13.1 Å². The molecule has 6 nitrogen and oxygen atoms in total. The van der Waals surface area contributed by atoms with E-state index in [9.17, 15) is 4.79 Å². The lowest BCUT2D eigenvalue weighted by Crippen LogP contribution is -2.31. The lowest BCUT2D eigenvalue weighted by atomic mass is 10.2. The van der Waals surface area contributed by atoms with Gasteiger partial charge in [0.25, 0.3) is 5.91 Å². The summed E-state index contributed by atoms with van der Waals surface area (Å²) in [7, 11) is 0. The highest BCUT2D eigenvalue weighted by molar-refractivity contribution is 5.78. The highest BCUT2D eigenvalue weighted by Crippen LogP contribution is 2.31. The van der Waals surface area contributed by atoms with Crippen LogP contribution in [0.2, 0.25) is 0 Å². The van der Waals surface area contributed by atoms with Gasteiger partial charge in [-0.2, -0.15) is 5.10 Å². The molecule has 3 heterocycles. The molecule has 0 N–H and O–H groups in total. The smallest absolute Gasteiger partial charge is 0.261 e. The molecule has 4 aromatic rings. The fourth-order valence-corrected chi connectivity index (χ4v) is 4.04. The number of hydrogen-bond donors (Lipinski definition) is 0. The summed E-state index contributed by atoms with van der Waals surface area (Å²) in [6.45, 7) is 5.08. The average molecular weight is 412 g/mol. The van der Waals surface area contributed by atoms with E-state index in [-0.39, 0.29) is 12.5 Å². The van der Waals surface area contributed by atoms with Crippen LogP contribution in [0.5, 0.6) is 5.75 Å². The first kappa shape index (κ1) is 19.2. The van der Waals surface area contributed by atoms with Gasteiger partial charge in [0.2, 0.25) is 0 Å². The Hall–Kier alpha value is -3.80. The Morgan fingerprint density at radius 1 is 0.935 bits per heavy atom. The van der Waals surface area contributed by atoms with E-state index in [1.165, 1.54) is 0 Å². The summed E-state index contributed by atoms with van der Waals surface area (Å²) >= 11 is 0. The van der Waals surface area contributed by atoms with Crippen molar-refractivity contribution in [2.75, 3.05) is 6.61 Å². The molecular formula is C25H24N4O2. The summed E-state index contributed by atoms with van der Waals surface area (Å²) in [6, 6.07) is 19.9. The van der Waals surface area contributed by atoms with E-state index in [1.54, 1.807) is 0 Å². The Bertz CT molecular complexity index is 1240. The van der Waals surface area contributed by atoms with Crippen LogP contribution in [0.15, 0.2) is 73.1 Å². The summed E-state index contributed by atoms with van der Waals surface area (Å²) < 4.78 is 9.83. The zero-order chi connectivity index (χ0) is 21.4. The molecule has 0 spiro atoms. The molecular weight excluding hydrogens is 388 g/mol. The number of benzene rings is 2. The molecule has 2 aromatic heterocycles. The molecule has 5 rings (SSSR count). The predicted molar refractivity (Wildman–Crippen MR) is 119 cm³/mol. The minimum atomic E-state index is -0.0397. The van der Waals surface area contributed by atoms with Crippen molar-refractivity contribution in [3.05, 3.63) is 95.4 Å². The number of carbonyl (C=O) groups is 1. The van der Waals surface area contributed by atoms with Crippen LogP contribution in [0.3, 0.4) is 0 Å². The van der Waals surface area contributed by atoms with Crippen LogP contribution in [-0.4, -0.2) is 31.8 Å². The quantitative estimate of drug-likeness (QED) is 0.494.